The molecular weight excluding hydrogens is 494 g/mol. The zero-order valence-electron chi connectivity index (χ0n) is 22.7. The number of nitro benzene ring substituents is 1. The van der Waals surface area contributed by atoms with Crippen molar-refractivity contribution in [1.29, 1.82) is 0 Å². The molecule has 4 aromatic rings. The molecule has 10 nitrogen and oxygen atoms in total. The largest absolute Gasteiger partial charge is 0.494 e. The van der Waals surface area contributed by atoms with Crippen molar-refractivity contribution in [3.05, 3.63) is 65.0 Å². The second kappa shape index (κ2) is 9.53. The van der Waals surface area contributed by atoms with Gasteiger partial charge in [-0.25, -0.2) is 9.97 Å². The van der Waals surface area contributed by atoms with Gasteiger partial charge in [-0.1, -0.05) is 18.2 Å². The molecule has 2 aromatic heterocycles. The average molecular weight is 528 g/mol. The van der Waals surface area contributed by atoms with E-state index in [-0.39, 0.29) is 16.1 Å². The molecule has 0 atom stereocenters. The zero-order valence-corrected chi connectivity index (χ0v) is 22.7. The number of aromatic nitrogens is 3. The van der Waals surface area contributed by atoms with Crippen LogP contribution in [0.4, 0.5) is 23.0 Å². The van der Waals surface area contributed by atoms with Crippen LogP contribution in [0.5, 0.6) is 5.75 Å². The molecule has 0 spiro atoms. The van der Waals surface area contributed by atoms with E-state index in [9.17, 15) is 10.1 Å². The number of ether oxygens (including phenoxy) is 1. The number of hydrogen-bond acceptors (Lipinski definition) is 8. The number of hydrogen-bond donors (Lipinski definition) is 1. The number of anilines is 3. The summed E-state index contributed by atoms with van der Waals surface area (Å²) in [6.45, 7) is 1.39. The fourth-order valence-corrected chi connectivity index (χ4v) is 5.94. The summed E-state index contributed by atoms with van der Waals surface area (Å²) in [5, 5.41) is 16.3. The molecule has 3 aliphatic rings. The van der Waals surface area contributed by atoms with Gasteiger partial charge in [-0.05, 0) is 51.4 Å². The molecule has 3 saturated carbocycles. The normalized spacial score (nSPS) is 19.5. The third-order valence-corrected chi connectivity index (χ3v) is 8.19. The fourth-order valence-electron chi connectivity index (χ4n) is 5.94. The molecule has 0 aliphatic heterocycles. The lowest BCUT2D eigenvalue weighted by Crippen LogP contribution is -2.58. The number of nitrogens with zero attached hydrogens (tertiary/aromatic N) is 6. The van der Waals surface area contributed by atoms with Gasteiger partial charge in [0.1, 0.15) is 11.4 Å². The molecule has 2 heterocycles. The molecule has 39 heavy (non-hydrogen) atoms. The Labute approximate surface area is 227 Å². The van der Waals surface area contributed by atoms with Crippen molar-refractivity contribution in [3.8, 4) is 17.0 Å². The van der Waals surface area contributed by atoms with E-state index in [1.807, 2.05) is 37.0 Å². The van der Waals surface area contributed by atoms with Gasteiger partial charge in [-0.15, -0.1) is 0 Å². The molecule has 1 N–H and O–H groups in total. The number of methoxy groups -OCH3 is 1. The molecule has 0 unspecified atom stereocenters. The first-order valence-electron chi connectivity index (χ1n) is 13.2. The van der Waals surface area contributed by atoms with Gasteiger partial charge in [0.2, 0.25) is 5.95 Å². The third kappa shape index (κ3) is 4.34. The topological polar surface area (TPSA) is 102 Å². The smallest absolute Gasteiger partial charge is 0.294 e. The van der Waals surface area contributed by atoms with Gasteiger partial charge in [0.05, 0.1) is 23.4 Å². The Bertz CT molecular complexity index is 1550. The highest BCUT2D eigenvalue weighted by atomic mass is 16.6. The van der Waals surface area contributed by atoms with E-state index in [4.69, 9.17) is 9.72 Å². The molecule has 10 heteroatoms. The van der Waals surface area contributed by atoms with Gasteiger partial charge < -0.3 is 24.4 Å². The Hall–Kier alpha value is -4.18. The van der Waals surface area contributed by atoms with E-state index in [0.29, 0.717) is 29.6 Å². The van der Waals surface area contributed by atoms with Crippen molar-refractivity contribution in [2.75, 3.05) is 51.6 Å². The highest BCUT2D eigenvalue weighted by Crippen LogP contribution is 2.63. The van der Waals surface area contributed by atoms with Gasteiger partial charge >= 0.3 is 0 Å². The Kier molecular flexibility index (Phi) is 6.14. The summed E-state index contributed by atoms with van der Waals surface area (Å²) in [6.07, 6.45) is 7.69. The van der Waals surface area contributed by atoms with E-state index < -0.39 is 0 Å². The van der Waals surface area contributed by atoms with E-state index >= 15 is 0 Å². The summed E-state index contributed by atoms with van der Waals surface area (Å²) >= 11 is 0. The van der Waals surface area contributed by atoms with Crippen molar-refractivity contribution in [1.82, 2.24) is 19.4 Å². The van der Waals surface area contributed by atoms with Crippen molar-refractivity contribution >= 4 is 33.9 Å². The lowest BCUT2D eigenvalue weighted by atomic mass is 9.49. The summed E-state index contributed by atoms with van der Waals surface area (Å²) < 4.78 is 8.07. The first-order valence-corrected chi connectivity index (χ1v) is 13.2. The molecule has 0 amide bonds. The maximum atomic E-state index is 12.0. The lowest BCUT2D eigenvalue weighted by Gasteiger charge is -2.62. The van der Waals surface area contributed by atoms with Gasteiger partial charge in [-0.3, -0.25) is 10.1 Å². The first-order chi connectivity index (χ1) is 18.8. The zero-order chi connectivity index (χ0) is 27.3. The number of likely N-dealkylation sites (N-methyl/N-ethyl adjacent to an activating group) is 2. The maximum absolute atomic E-state index is 12.0. The Morgan fingerprint density at radius 2 is 1.92 bits per heavy atom. The van der Waals surface area contributed by atoms with E-state index in [1.54, 1.807) is 19.4 Å². The van der Waals surface area contributed by atoms with Crippen LogP contribution >= 0.6 is 0 Å². The number of rotatable bonds is 10. The standard InChI is InChI=1S/C29H33N7O3/c1-33(2)11-12-34(3)25-14-27(39-4)23(13-26(25)36(37)38)32-28-30-10-9-22(31-28)21-18-35(29-15-19(16-29)17-29)24-8-6-5-7-20(21)24/h5-10,13-14,18-19H,11-12,15-17H2,1-4H3,(H,30,31,32). The molecule has 0 saturated heterocycles. The minimum Gasteiger partial charge on any atom is -0.494 e. The fraction of sp³-hybridized carbons (Fsp3) is 0.379. The van der Waals surface area contributed by atoms with Crippen LogP contribution in [-0.2, 0) is 5.54 Å². The molecule has 202 valence electrons. The van der Waals surface area contributed by atoms with Crippen molar-refractivity contribution in [2.45, 2.75) is 24.8 Å². The van der Waals surface area contributed by atoms with Gasteiger partial charge in [0, 0.05) is 66.7 Å². The van der Waals surface area contributed by atoms with Crippen LogP contribution in [0.1, 0.15) is 19.3 Å². The third-order valence-electron chi connectivity index (χ3n) is 8.19. The van der Waals surface area contributed by atoms with E-state index in [2.05, 4.69) is 45.3 Å². The highest BCUT2D eigenvalue weighted by Gasteiger charge is 2.58. The van der Waals surface area contributed by atoms with Crippen LogP contribution in [0, 0.1) is 16.0 Å². The number of nitro groups is 1. The number of fused-ring (bicyclic) bond motifs is 1. The van der Waals surface area contributed by atoms with Crippen LogP contribution in [0.25, 0.3) is 22.2 Å². The Morgan fingerprint density at radius 1 is 1.15 bits per heavy atom. The van der Waals surface area contributed by atoms with Crippen LogP contribution in [-0.4, -0.2) is 65.7 Å². The molecule has 3 aliphatic carbocycles. The van der Waals surface area contributed by atoms with Crippen LogP contribution in [0.2, 0.25) is 0 Å². The van der Waals surface area contributed by atoms with Gasteiger partial charge in [0.25, 0.3) is 5.69 Å². The minimum absolute atomic E-state index is 0.0164. The second-order valence-electron chi connectivity index (χ2n) is 11.0. The first kappa shape index (κ1) is 25.1. The van der Waals surface area contributed by atoms with Gasteiger partial charge in [-0.2, -0.15) is 0 Å². The SMILES string of the molecule is COc1cc(N(C)CCN(C)C)c([N+](=O)[O-])cc1Nc1nccc(-c2cn(C34CC(C3)C4)c3ccccc23)n1. The molecule has 2 aromatic carbocycles. The van der Waals surface area contributed by atoms with E-state index in [0.717, 1.165) is 29.1 Å². The predicted octanol–water partition coefficient (Wildman–Crippen LogP) is 5.27. The summed E-state index contributed by atoms with van der Waals surface area (Å²) in [4.78, 5) is 24.8. The summed E-state index contributed by atoms with van der Waals surface area (Å²) in [5.41, 5.74) is 4.23. The van der Waals surface area contributed by atoms with Crippen molar-refractivity contribution < 1.29 is 9.66 Å². The number of benzene rings is 2. The summed E-state index contributed by atoms with van der Waals surface area (Å²) in [7, 11) is 7.33. The number of nitrogens with one attached hydrogen (secondary N) is 1. The maximum Gasteiger partial charge on any atom is 0.294 e. The minimum atomic E-state index is -0.372. The highest BCUT2D eigenvalue weighted by molar-refractivity contribution is 5.95. The van der Waals surface area contributed by atoms with Crippen LogP contribution in [0.3, 0.4) is 0 Å². The molecule has 3 fully saturated rings. The van der Waals surface area contributed by atoms with Crippen LogP contribution in [0.15, 0.2) is 54.9 Å². The summed E-state index contributed by atoms with van der Waals surface area (Å²) in [6, 6.07) is 13.5. The summed E-state index contributed by atoms with van der Waals surface area (Å²) in [5.74, 6) is 1.69. The quantitative estimate of drug-likeness (QED) is 0.220. The van der Waals surface area contributed by atoms with Crippen molar-refractivity contribution in [3.63, 3.8) is 0 Å². The number of para-hydroxylation sites is 1. The monoisotopic (exact) mass is 527 g/mol. The molecule has 0 radical (unpaired) electrons. The Morgan fingerprint density at radius 3 is 2.59 bits per heavy atom. The Balaban J connectivity index is 1.34. The van der Waals surface area contributed by atoms with Crippen LogP contribution < -0.4 is 15.0 Å². The average Bonchev–Trinajstić information content (AvgIpc) is 3.24. The predicted molar refractivity (Wildman–Crippen MR) is 153 cm³/mol. The molecule has 7 rings (SSSR count). The van der Waals surface area contributed by atoms with Gasteiger partial charge in [0.15, 0.2) is 0 Å². The lowest BCUT2D eigenvalue weighted by molar-refractivity contribution is -0.384. The second-order valence-corrected chi connectivity index (χ2v) is 11.0. The van der Waals surface area contributed by atoms with E-state index in [1.165, 1.54) is 30.8 Å². The molecule has 2 bridgehead atoms. The van der Waals surface area contributed by atoms with Crippen molar-refractivity contribution in [2.24, 2.45) is 5.92 Å². The molecular formula is C29H33N7O3.